The molecule has 1 amide bonds. The van der Waals surface area contributed by atoms with Crippen LogP contribution < -0.4 is 11.1 Å². The molecule has 2 aromatic rings. The fourth-order valence-electron chi connectivity index (χ4n) is 2.54. The Hall–Kier alpha value is -2.73. The van der Waals surface area contributed by atoms with Crippen molar-refractivity contribution >= 4 is 29.3 Å². The maximum Gasteiger partial charge on any atom is 0.256 e. The molecule has 124 valence electrons. The summed E-state index contributed by atoms with van der Waals surface area (Å²) in [5.41, 5.74) is 8.67. The Labute approximate surface area is 139 Å². The average Bonchev–Trinajstić information content (AvgIpc) is 3.02. The number of amides is 1. The normalized spacial score (nSPS) is 16.0. The second kappa shape index (κ2) is 5.72. The number of aromatic nitrogens is 2. The minimum atomic E-state index is -0.589. The average molecular weight is 326 g/mol. The highest BCUT2D eigenvalue weighted by Gasteiger charge is 2.28. The maximum absolute atomic E-state index is 14.4. The molecule has 0 unspecified atom stereocenters. The van der Waals surface area contributed by atoms with E-state index in [4.69, 9.17) is 5.73 Å². The summed E-state index contributed by atoms with van der Waals surface area (Å²) < 4.78 is 14.4. The monoisotopic (exact) mass is 326 g/mol. The number of fused-ring (bicyclic) bond motifs is 1. The zero-order valence-electron chi connectivity index (χ0n) is 13.8. The lowest BCUT2D eigenvalue weighted by atomic mass is 9.96. The third-order valence-electron chi connectivity index (χ3n) is 3.78. The summed E-state index contributed by atoms with van der Waals surface area (Å²) in [5.74, 6) is -0.685. The van der Waals surface area contributed by atoms with Gasteiger partial charge in [-0.15, -0.1) is 0 Å². The van der Waals surface area contributed by atoms with Crippen LogP contribution in [0.2, 0.25) is 0 Å². The number of rotatable bonds is 3. The number of nitrogens with zero attached hydrogens (tertiary/aromatic N) is 1. The fraction of sp³-hybridized carbons (Fsp3) is 0.222. The largest absolute Gasteiger partial charge is 0.348 e. The standard InChI is InChI=1S/C18H19FN4O/c1-10-15(22-9-21-10)8-12-16-11(6-7-18(2,3)20)13(19)4-5-14(16)23-17(12)24/h4-9H,20H2,1-3H3,(H,21,22)(H,23,24)/b7-6?,12-8-. The maximum atomic E-state index is 14.4. The number of aromatic amines is 1. The van der Waals surface area contributed by atoms with Crippen molar-refractivity contribution in [1.82, 2.24) is 9.97 Å². The summed E-state index contributed by atoms with van der Waals surface area (Å²) in [6.45, 7) is 5.49. The number of aryl methyl sites for hydroxylation is 1. The topological polar surface area (TPSA) is 83.8 Å². The van der Waals surface area contributed by atoms with Crippen molar-refractivity contribution in [3.05, 3.63) is 52.9 Å². The first-order valence-electron chi connectivity index (χ1n) is 7.60. The SMILES string of the molecule is Cc1[nH]cnc1/C=C1\C(=O)Nc2ccc(F)c(C=CC(C)(C)N)c21. The van der Waals surface area contributed by atoms with E-state index in [9.17, 15) is 9.18 Å². The molecule has 2 heterocycles. The molecule has 0 bridgehead atoms. The molecule has 1 aliphatic rings. The molecule has 0 radical (unpaired) electrons. The van der Waals surface area contributed by atoms with Gasteiger partial charge in [-0.3, -0.25) is 4.79 Å². The number of hydrogen-bond donors (Lipinski definition) is 3. The molecule has 1 aromatic carbocycles. The number of imidazole rings is 1. The van der Waals surface area contributed by atoms with Gasteiger partial charge < -0.3 is 16.0 Å². The van der Waals surface area contributed by atoms with Crippen LogP contribution in [-0.2, 0) is 4.79 Å². The first-order valence-corrected chi connectivity index (χ1v) is 7.60. The Morgan fingerprint density at radius 2 is 2.08 bits per heavy atom. The first-order chi connectivity index (χ1) is 11.3. The Morgan fingerprint density at radius 3 is 2.71 bits per heavy atom. The highest BCUT2D eigenvalue weighted by Crippen LogP contribution is 2.37. The van der Waals surface area contributed by atoms with Crippen LogP contribution in [-0.4, -0.2) is 21.4 Å². The number of carbonyl (C=O) groups is 1. The zero-order valence-corrected chi connectivity index (χ0v) is 13.8. The summed E-state index contributed by atoms with van der Waals surface area (Å²) >= 11 is 0. The van der Waals surface area contributed by atoms with Crippen molar-refractivity contribution in [2.24, 2.45) is 5.73 Å². The van der Waals surface area contributed by atoms with Crippen molar-refractivity contribution in [2.75, 3.05) is 5.32 Å². The lowest BCUT2D eigenvalue weighted by Crippen LogP contribution is -2.28. The van der Waals surface area contributed by atoms with Crippen LogP contribution in [0.1, 0.15) is 36.4 Å². The van der Waals surface area contributed by atoms with Crippen molar-refractivity contribution in [3.63, 3.8) is 0 Å². The molecular weight excluding hydrogens is 307 g/mol. The molecule has 5 nitrogen and oxygen atoms in total. The molecule has 1 aromatic heterocycles. The van der Waals surface area contributed by atoms with Gasteiger partial charge >= 0.3 is 0 Å². The number of halogens is 1. The summed E-state index contributed by atoms with van der Waals surface area (Å²) in [6.07, 6.45) is 6.56. The molecule has 4 N–H and O–H groups in total. The van der Waals surface area contributed by atoms with Gasteiger partial charge in [0.15, 0.2) is 0 Å². The molecule has 0 aliphatic carbocycles. The van der Waals surface area contributed by atoms with Gasteiger partial charge in [-0.1, -0.05) is 12.2 Å². The smallest absolute Gasteiger partial charge is 0.256 e. The Morgan fingerprint density at radius 1 is 1.33 bits per heavy atom. The van der Waals surface area contributed by atoms with E-state index in [0.717, 1.165) is 5.69 Å². The fourth-order valence-corrected chi connectivity index (χ4v) is 2.54. The van der Waals surface area contributed by atoms with Crippen LogP contribution in [0.3, 0.4) is 0 Å². The number of nitrogens with one attached hydrogen (secondary N) is 2. The molecule has 1 aliphatic heterocycles. The van der Waals surface area contributed by atoms with Gasteiger partial charge in [-0.05, 0) is 39.0 Å². The zero-order chi connectivity index (χ0) is 17.5. The summed E-state index contributed by atoms with van der Waals surface area (Å²) in [7, 11) is 0. The van der Waals surface area contributed by atoms with E-state index in [1.807, 2.05) is 20.8 Å². The third kappa shape index (κ3) is 3.00. The lowest BCUT2D eigenvalue weighted by molar-refractivity contribution is -0.110. The van der Waals surface area contributed by atoms with Crippen molar-refractivity contribution in [1.29, 1.82) is 0 Å². The number of H-pyrrole nitrogens is 1. The molecule has 0 saturated heterocycles. The van der Waals surface area contributed by atoms with Crippen LogP contribution in [0.5, 0.6) is 0 Å². The molecule has 0 fully saturated rings. The van der Waals surface area contributed by atoms with Crippen LogP contribution >= 0.6 is 0 Å². The van der Waals surface area contributed by atoms with Crippen molar-refractivity contribution < 1.29 is 9.18 Å². The van der Waals surface area contributed by atoms with Gasteiger partial charge in [0.25, 0.3) is 5.91 Å². The van der Waals surface area contributed by atoms with Gasteiger partial charge in [-0.25, -0.2) is 9.37 Å². The summed E-state index contributed by atoms with van der Waals surface area (Å²) in [5, 5.41) is 2.77. The molecule has 24 heavy (non-hydrogen) atoms. The minimum absolute atomic E-state index is 0.278. The highest BCUT2D eigenvalue weighted by molar-refractivity contribution is 6.35. The third-order valence-corrected chi connectivity index (χ3v) is 3.78. The van der Waals surface area contributed by atoms with E-state index in [1.54, 1.807) is 30.6 Å². The van der Waals surface area contributed by atoms with E-state index in [2.05, 4.69) is 15.3 Å². The van der Waals surface area contributed by atoms with Crippen LogP contribution in [0.15, 0.2) is 24.5 Å². The van der Waals surface area contributed by atoms with Gasteiger partial charge in [0, 0.05) is 28.0 Å². The molecule has 3 rings (SSSR count). The highest BCUT2D eigenvalue weighted by atomic mass is 19.1. The predicted molar refractivity (Wildman–Crippen MR) is 93.5 cm³/mol. The van der Waals surface area contributed by atoms with E-state index in [1.165, 1.54) is 6.07 Å². The van der Waals surface area contributed by atoms with Gasteiger partial charge in [0.05, 0.1) is 17.6 Å². The molecule has 0 spiro atoms. The van der Waals surface area contributed by atoms with E-state index in [0.29, 0.717) is 28.1 Å². The van der Waals surface area contributed by atoms with Crippen LogP contribution in [0, 0.1) is 12.7 Å². The molecule has 6 heteroatoms. The predicted octanol–water partition coefficient (Wildman–Crippen LogP) is 3.10. The van der Waals surface area contributed by atoms with Crippen LogP contribution in [0.4, 0.5) is 10.1 Å². The Bertz CT molecular complexity index is 872. The molecular formula is C18H19FN4O. The number of nitrogens with two attached hydrogens (primary N) is 1. The molecule has 0 saturated carbocycles. The summed E-state index contributed by atoms with van der Waals surface area (Å²) in [4.78, 5) is 19.5. The second-order valence-electron chi connectivity index (χ2n) is 6.46. The van der Waals surface area contributed by atoms with E-state index >= 15 is 0 Å². The van der Waals surface area contributed by atoms with Gasteiger partial charge in [-0.2, -0.15) is 0 Å². The van der Waals surface area contributed by atoms with Crippen molar-refractivity contribution in [3.8, 4) is 0 Å². The van der Waals surface area contributed by atoms with Gasteiger partial charge in [0.2, 0.25) is 0 Å². The second-order valence-corrected chi connectivity index (χ2v) is 6.46. The van der Waals surface area contributed by atoms with Crippen molar-refractivity contribution in [2.45, 2.75) is 26.3 Å². The first kappa shape index (κ1) is 16.1. The van der Waals surface area contributed by atoms with Gasteiger partial charge in [0.1, 0.15) is 5.82 Å². The van der Waals surface area contributed by atoms with E-state index < -0.39 is 11.4 Å². The number of carbonyl (C=O) groups excluding carboxylic acids is 1. The summed E-state index contributed by atoms with van der Waals surface area (Å²) in [6, 6.07) is 2.90. The van der Waals surface area contributed by atoms with Crippen LogP contribution in [0.25, 0.3) is 17.7 Å². The number of benzene rings is 1. The van der Waals surface area contributed by atoms with E-state index in [-0.39, 0.29) is 5.91 Å². The number of anilines is 1. The molecule has 0 atom stereocenters. The number of hydrogen-bond acceptors (Lipinski definition) is 3. The lowest BCUT2D eigenvalue weighted by Gasteiger charge is -2.13. The Kier molecular flexibility index (Phi) is 3.85. The Balaban J connectivity index is 2.18. The quantitative estimate of drug-likeness (QED) is 0.758. The minimum Gasteiger partial charge on any atom is -0.348 e.